The molecule has 0 aliphatic carbocycles. The number of benzene rings is 1. The molecule has 2 atom stereocenters. The molecular weight excluding hydrogens is 449 g/mol. The number of carbonyl (C=O) groups is 1. The molecule has 33 heavy (non-hydrogen) atoms. The number of aliphatic hydroxyl groups is 1. The number of likely N-dealkylation sites (tertiary alicyclic amines) is 1. The summed E-state index contributed by atoms with van der Waals surface area (Å²) in [6.45, 7) is 5.02. The van der Waals surface area contributed by atoms with Crippen molar-refractivity contribution in [1.82, 2.24) is 24.4 Å². The van der Waals surface area contributed by atoms with Gasteiger partial charge in [0, 0.05) is 30.6 Å². The van der Waals surface area contributed by atoms with E-state index >= 15 is 0 Å². The van der Waals surface area contributed by atoms with Gasteiger partial charge in [0.1, 0.15) is 17.7 Å². The van der Waals surface area contributed by atoms with Gasteiger partial charge < -0.3 is 14.7 Å². The number of aliphatic hydroxyl groups excluding tert-OH is 1. The monoisotopic (exact) mass is 473 g/mol. The first kappa shape index (κ1) is 22.1. The molecule has 0 spiro atoms. The topological polar surface area (TPSA) is 83.2 Å². The summed E-state index contributed by atoms with van der Waals surface area (Å²) in [6.07, 6.45) is 0.372. The number of hydrogen-bond donors (Lipinski definition) is 1. The summed E-state index contributed by atoms with van der Waals surface area (Å²) in [4.78, 5) is 21.7. The molecule has 1 fully saturated rings. The van der Waals surface area contributed by atoms with Gasteiger partial charge in [-0.1, -0.05) is 11.6 Å². The van der Waals surface area contributed by atoms with Crippen LogP contribution in [0.1, 0.15) is 39.4 Å². The number of nitrogens with zero attached hydrogens (tertiary/aromatic N) is 5. The van der Waals surface area contributed by atoms with E-state index in [4.69, 9.17) is 16.3 Å². The van der Waals surface area contributed by atoms with E-state index < -0.39 is 5.82 Å². The first-order valence-corrected chi connectivity index (χ1v) is 11.2. The minimum atomic E-state index is -0.471. The van der Waals surface area contributed by atoms with E-state index in [1.54, 1.807) is 9.42 Å². The van der Waals surface area contributed by atoms with Crippen molar-refractivity contribution in [1.29, 1.82) is 0 Å². The van der Waals surface area contributed by atoms with Gasteiger partial charge >= 0.3 is 0 Å². The normalized spacial score (nSPS) is 20.6. The number of amides is 1. The Bertz CT molecular complexity index is 1260. The minimum absolute atomic E-state index is 0.0134. The summed E-state index contributed by atoms with van der Waals surface area (Å²) in [5.41, 5.74) is 4.18. The minimum Gasteiger partial charge on any atom is -0.488 e. The van der Waals surface area contributed by atoms with Crippen LogP contribution >= 0.6 is 11.6 Å². The van der Waals surface area contributed by atoms with Gasteiger partial charge in [-0.15, -0.1) is 0 Å². The van der Waals surface area contributed by atoms with Crippen molar-refractivity contribution in [2.75, 3.05) is 20.2 Å². The number of hydrogen-bond acceptors (Lipinski definition) is 6. The highest BCUT2D eigenvalue weighted by Gasteiger charge is 2.34. The van der Waals surface area contributed by atoms with Crippen molar-refractivity contribution in [2.24, 2.45) is 0 Å². The lowest BCUT2D eigenvalue weighted by molar-refractivity contribution is 0.0742. The van der Waals surface area contributed by atoms with E-state index in [1.165, 1.54) is 18.2 Å². The Hall–Kier alpha value is -2.75. The summed E-state index contributed by atoms with van der Waals surface area (Å²) in [5, 5.41) is 14.7. The number of aromatic nitrogens is 3. The van der Waals surface area contributed by atoms with E-state index in [0.29, 0.717) is 48.0 Å². The van der Waals surface area contributed by atoms with Gasteiger partial charge in [0.05, 0.1) is 47.4 Å². The molecule has 5 rings (SSSR count). The summed E-state index contributed by atoms with van der Waals surface area (Å²) in [5.74, 6) is -0.512. The summed E-state index contributed by atoms with van der Waals surface area (Å²) >= 11 is 6.32. The van der Waals surface area contributed by atoms with Crippen LogP contribution < -0.4 is 4.74 Å². The molecule has 1 N–H and O–H groups in total. The first-order chi connectivity index (χ1) is 15.8. The third-order valence-corrected chi connectivity index (χ3v) is 7.12. The molecule has 10 heteroatoms. The lowest BCUT2D eigenvalue weighted by Gasteiger charge is -2.20. The number of aryl methyl sites for hydroxylation is 2. The Labute approximate surface area is 195 Å². The average molecular weight is 474 g/mol. The van der Waals surface area contributed by atoms with Crippen LogP contribution in [-0.4, -0.2) is 67.8 Å². The standard InChI is InChI=1S/C23H25ClFN5O3/c1-12-21(24)13(2)30-22(26-12)18-9-29(10-19(18)27-30)23(32)17-5-4-14(25)6-20(17)33-16-7-15(11-31)28(3)8-16/h4-6,15-16,31H,7-11H2,1-3H3/t15-,16-/m0/s1. The smallest absolute Gasteiger partial charge is 0.258 e. The Kier molecular flexibility index (Phi) is 5.50. The SMILES string of the molecule is Cc1nc2c3c(nn2c(C)c1Cl)CN(C(=O)c1ccc(F)cc1O[C@H]1C[C@@H](CO)N(C)C1)C3. The maximum Gasteiger partial charge on any atom is 0.258 e. The van der Waals surface area contributed by atoms with Crippen molar-refractivity contribution in [3.8, 4) is 5.75 Å². The van der Waals surface area contributed by atoms with E-state index in [-0.39, 0.29) is 30.4 Å². The largest absolute Gasteiger partial charge is 0.488 e. The van der Waals surface area contributed by atoms with Crippen LogP contribution in [0.15, 0.2) is 18.2 Å². The molecular formula is C23H25ClFN5O3. The van der Waals surface area contributed by atoms with Crippen molar-refractivity contribution in [3.63, 3.8) is 0 Å². The highest BCUT2D eigenvalue weighted by atomic mass is 35.5. The molecule has 174 valence electrons. The van der Waals surface area contributed by atoms with E-state index in [0.717, 1.165) is 17.0 Å². The molecule has 4 heterocycles. The van der Waals surface area contributed by atoms with Gasteiger partial charge in [0.15, 0.2) is 5.65 Å². The van der Waals surface area contributed by atoms with E-state index in [9.17, 15) is 14.3 Å². The van der Waals surface area contributed by atoms with Gasteiger partial charge in [-0.2, -0.15) is 5.10 Å². The highest BCUT2D eigenvalue weighted by molar-refractivity contribution is 6.31. The van der Waals surface area contributed by atoms with Crippen LogP contribution in [0.5, 0.6) is 5.75 Å². The number of likely N-dealkylation sites (N-methyl/N-ethyl adjacent to an activating group) is 1. The number of fused-ring (bicyclic) bond motifs is 3. The Balaban J connectivity index is 1.41. The fraction of sp³-hybridized carbons (Fsp3) is 0.435. The van der Waals surface area contributed by atoms with E-state index in [1.807, 2.05) is 25.8 Å². The molecule has 1 aromatic carbocycles. The van der Waals surface area contributed by atoms with Crippen LogP contribution in [0, 0.1) is 19.7 Å². The summed E-state index contributed by atoms with van der Waals surface area (Å²) in [7, 11) is 1.91. The van der Waals surface area contributed by atoms with Gasteiger partial charge in [0.2, 0.25) is 0 Å². The predicted octanol–water partition coefficient (Wildman–Crippen LogP) is 2.74. The fourth-order valence-electron chi connectivity index (χ4n) is 4.70. The Morgan fingerprint density at radius 1 is 1.33 bits per heavy atom. The number of ether oxygens (including phenoxy) is 1. The van der Waals surface area contributed by atoms with Crippen LogP contribution in [-0.2, 0) is 13.1 Å². The second-order valence-corrected chi connectivity index (χ2v) is 9.19. The third kappa shape index (κ3) is 3.74. The van der Waals surface area contributed by atoms with Gasteiger partial charge in [-0.25, -0.2) is 13.9 Å². The summed E-state index contributed by atoms with van der Waals surface area (Å²) < 4.78 is 21.8. The molecule has 2 aliphatic rings. The molecule has 8 nitrogen and oxygen atoms in total. The predicted molar refractivity (Wildman–Crippen MR) is 120 cm³/mol. The second kappa shape index (κ2) is 8.23. The maximum absolute atomic E-state index is 14.0. The molecule has 2 aliphatic heterocycles. The van der Waals surface area contributed by atoms with Crippen LogP contribution in [0.2, 0.25) is 5.02 Å². The van der Waals surface area contributed by atoms with Crippen LogP contribution in [0.3, 0.4) is 0 Å². The Morgan fingerprint density at radius 2 is 2.12 bits per heavy atom. The highest BCUT2D eigenvalue weighted by Crippen LogP contribution is 2.32. The van der Waals surface area contributed by atoms with Gasteiger partial charge in [-0.05, 0) is 33.0 Å². The molecule has 1 amide bonds. The lowest BCUT2D eigenvalue weighted by atomic mass is 10.1. The summed E-state index contributed by atoms with van der Waals surface area (Å²) in [6, 6.07) is 3.97. The molecule has 1 saturated heterocycles. The van der Waals surface area contributed by atoms with Crippen molar-refractivity contribution >= 4 is 23.2 Å². The van der Waals surface area contributed by atoms with Crippen molar-refractivity contribution in [3.05, 3.63) is 57.2 Å². The molecule has 0 unspecified atom stereocenters. The van der Waals surface area contributed by atoms with Gasteiger partial charge in [0.25, 0.3) is 5.91 Å². The third-order valence-electron chi connectivity index (χ3n) is 6.57. The molecule has 2 aromatic heterocycles. The Morgan fingerprint density at radius 3 is 2.85 bits per heavy atom. The van der Waals surface area contributed by atoms with Crippen molar-refractivity contribution < 1.29 is 19.0 Å². The maximum atomic E-state index is 14.0. The number of halogens is 2. The van der Waals surface area contributed by atoms with Gasteiger partial charge in [-0.3, -0.25) is 9.69 Å². The fourth-order valence-corrected chi connectivity index (χ4v) is 4.83. The zero-order valence-corrected chi connectivity index (χ0v) is 19.4. The van der Waals surface area contributed by atoms with Crippen LogP contribution in [0.4, 0.5) is 4.39 Å². The molecule has 0 radical (unpaired) electrons. The van der Waals surface area contributed by atoms with Crippen LogP contribution in [0.25, 0.3) is 5.65 Å². The zero-order valence-electron chi connectivity index (χ0n) is 18.7. The van der Waals surface area contributed by atoms with Crippen molar-refractivity contribution in [2.45, 2.75) is 45.5 Å². The van der Waals surface area contributed by atoms with E-state index in [2.05, 4.69) is 10.1 Å². The second-order valence-electron chi connectivity index (χ2n) is 8.81. The molecule has 0 bridgehead atoms. The average Bonchev–Trinajstić information content (AvgIpc) is 3.45. The quantitative estimate of drug-likeness (QED) is 0.627. The number of rotatable bonds is 4. The lowest BCUT2D eigenvalue weighted by Crippen LogP contribution is -2.29. The molecule has 0 saturated carbocycles. The molecule has 3 aromatic rings. The number of carbonyl (C=O) groups excluding carboxylic acids is 1. The first-order valence-electron chi connectivity index (χ1n) is 10.9. The zero-order chi connectivity index (χ0) is 23.4.